The van der Waals surface area contributed by atoms with Gasteiger partial charge >= 0.3 is 0 Å². The zero-order valence-electron chi connectivity index (χ0n) is 12.1. The summed E-state index contributed by atoms with van der Waals surface area (Å²) in [6.07, 6.45) is 1.34. The van der Waals surface area contributed by atoms with Crippen molar-refractivity contribution in [1.82, 2.24) is 10.2 Å². The van der Waals surface area contributed by atoms with E-state index < -0.39 is 0 Å². The Kier molecular flexibility index (Phi) is 3.69. The van der Waals surface area contributed by atoms with Crippen LogP contribution in [0.1, 0.15) is 16.7 Å². The van der Waals surface area contributed by atoms with Gasteiger partial charge in [-0.05, 0) is 37.6 Å². The second-order valence-electron chi connectivity index (χ2n) is 5.17. The lowest BCUT2D eigenvalue weighted by molar-refractivity contribution is 0.568. The summed E-state index contributed by atoms with van der Waals surface area (Å²) in [5, 5.41) is 11.1. The van der Waals surface area contributed by atoms with Crippen LogP contribution in [0.25, 0.3) is 11.5 Å². The van der Waals surface area contributed by atoms with E-state index in [-0.39, 0.29) is 0 Å². The van der Waals surface area contributed by atoms with Crippen molar-refractivity contribution in [3.05, 3.63) is 65.5 Å². The van der Waals surface area contributed by atoms with Gasteiger partial charge in [-0.1, -0.05) is 35.4 Å². The molecule has 0 fully saturated rings. The van der Waals surface area contributed by atoms with Gasteiger partial charge < -0.3 is 9.73 Å². The standard InChI is InChI=1S/C17H17N3O/c1-12-6-13(2)8-14(7-12)10-18-16-5-3-4-15(9-16)17-20-19-11-21-17/h3-9,11,18H,10H2,1-2H3. The maximum atomic E-state index is 5.22. The second-order valence-corrected chi connectivity index (χ2v) is 5.17. The average molecular weight is 279 g/mol. The van der Waals surface area contributed by atoms with Gasteiger partial charge in [-0.25, -0.2) is 0 Å². The SMILES string of the molecule is Cc1cc(C)cc(CNc2cccc(-c3nnco3)c2)c1. The topological polar surface area (TPSA) is 51.0 Å². The predicted octanol–water partition coefficient (Wildman–Crippen LogP) is 3.97. The minimum atomic E-state index is 0.532. The Morgan fingerprint density at radius 3 is 2.57 bits per heavy atom. The van der Waals surface area contributed by atoms with Gasteiger partial charge in [0.15, 0.2) is 0 Å². The van der Waals surface area contributed by atoms with Crippen LogP contribution in [0, 0.1) is 13.8 Å². The number of benzene rings is 2. The molecule has 0 aliphatic heterocycles. The molecule has 0 radical (unpaired) electrons. The first-order valence-electron chi connectivity index (χ1n) is 6.88. The lowest BCUT2D eigenvalue weighted by atomic mass is 10.1. The Bertz CT molecular complexity index is 715. The molecule has 0 aliphatic rings. The van der Waals surface area contributed by atoms with Crippen molar-refractivity contribution < 1.29 is 4.42 Å². The highest BCUT2D eigenvalue weighted by molar-refractivity contribution is 5.60. The molecular formula is C17H17N3O. The lowest BCUT2D eigenvalue weighted by Gasteiger charge is -2.09. The van der Waals surface area contributed by atoms with Crippen molar-refractivity contribution in [2.24, 2.45) is 0 Å². The zero-order valence-corrected chi connectivity index (χ0v) is 12.1. The predicted molar refractivity (Wildman–Crippen MR) is 83.0 cm³/mol. The number of rotatable bonds is 4. The third-order valence-electron chi connectivity index (χ3n) is 3.25. The van der Waals surface area contributed by atoms with Crippen molar-refractivity contribution in [2.75, 3.05) is 5.32 Å². The molecule has 106 valence electrons. The van der Waals surface area contributed by atoms with E-state index in [4.69, 9.17) is 4.42 Å². The molecule has 1 aromatic heterocycles. The molecule has 3 aromatic rings. The van der Waals surface area contributed by atoms with Gasteiger partial charge in [-0.15, -0.1) is 10.2 Å². The lowest BCUT2D eigenvalue weighted by Crippen LogP contribution is -2.00. The minimum Gasteiger partial charge on any atom is -0.423 e. The molecule has 0 atom stereocenters. The van der Waals surface area contributed by atoms with E-state index in [1.165, 1.54) is 23.1 Å². The summed E-state index contributed by atoms with van der Waals surface area (Å²) in [6, 6.07) is 14.5. The molecule has 0 unspecified atom stereocenters. The Hall–Kier alpha value is -2.62. The number of aromatic nitrogens is 2. The number of aryl methyl sites for hydroxylation is 2. The first-order valence-corrected chi connectivity index (χ1v) is 6.88. The Morgan fingerprint density at radius 1 is 1.05 bits per heavy atom. The van der Waals surface area contributed by atoms with Crippen molar-refractivity contribution in [3.8, 4) is 11.5 Å². The van der Waals surface area contributed by atoms with E-state index in [0.29, 0.717) is 5.89 Å². The molecule has 0 amide bonds. The van der Waals surface area contributed by atoms with Crippen molar-refractivity contribution in [1.29, 1.82) is 0 Å². The van der Waals surface area contributed by atoms with Crippen molar-refractivity contribution >= 4 is 5.69 Å². The van der Waals surface area contributed by atoms with Crippen LogP contribution in [0.5, 0.6) is 0 Å². The fourth-order valence-electron chi connectivity index (χ4n) is 2.44. The van der Waals surface area contributed by atoms with E-state index >= 15 is 0 Å². The van der Waals surface area contributed by atoms with Crippen LogP contribution >= 0.6 is 0 Å². The molecule has 4 nitrogen and oxygen atoms in total. The third-order valence-corrected chi connectivity index (χ3v) is 3.25. The number of hydrogen-bond acceptors (Lipinski definition) is 4. The molecule has 3 rings (SSSR count). The van der Waals surface area contributed by atoms with Gasteiger partial charge in [0.1, 0.15) is 0 Å². The highest BCUT2D eigenvalue weighted by Gasteiger charge is 2.04. The van der Waals surface area contributed by atoms with Gasteiger partial charge in [0, 0.05) is 17.8 Å². The van der Waals surface area contributed by atoms with Gasteiger partial charge in [-0.2, -0.15) is 0 Å². The fraction of sp³-hybridized carbons (Fsp3) is 0.176. The fourth-order valence-corrected chi connectivity index (χ4v) is 2.44. The van der Waals surface area contributed by atoms with Crippen LogP contribution in [-0.4, -0.2) is 10.2 Å². The van der Waals surface area contributed by atoms with Crippen LogP contribution in [0.4, 0.5) is 5.69 Å². The van der Waals surface area contributed by atoms with Gasteiger partial charge in [0.25, 0.3) is 0 Å². The maximum Gasteiger partial charge on any atom is 0.247 e. The smallest absolute Gasteiger partial charge is 0.247 e. The quantitative estimate of drug-likeness (QED) is 0.785. The van der Waals surface area contributed by atoms with Gasteiger partial charge in [0.2, 0.25) is 12.3 Å². The van der Waals surface area contributed by atoms with Gasteiger partial charge in [-0.3, -0.25) is 0 Å². The summed E-state index contributed by atoms with van der Waals surface area (Å²) in [7, 11) is 0. The summed E-state index contributed by atoms with van der Waals surface area (Å²) in [6.45, 7) is 5.02. The van der Waals surface area contributed by atoms with Crippen LogP contribution in [0.2, 0.25) is 0 Å². The molecule has 0 bridgehead atoms. The third kappa shape index (κ3) is 3.28. The van der Waals surface area contributed by atoms with Crippen molar-refractivity contribution in [2.45, 2.75) is 20.4 Å². The molecule has 0 aliphatic carbocycles. The molecule has 0 saturated carbocycles. The number of hydrogen-bond donors (Lipinski definition) is 1. The largest absolute Gasteiger partial charge is 0.423 e. The van der Waals surface area contributed by atoms with E-state index in [9.17, 15) is 0 Å². The number of nitrogens with one attached hydrogen (secondary N) is 1. The summed E-state index contributed by atoms with van der Waals surface area (Å²) in [5.74, 6) is 0.532. The average Bonchev–Trinajstić information content (AvgIpc) is 2.99. The minimum absolute atomic E-state index is 0.532. The Morgan fingerprint density at radius 2 is 1.86 bits per heavy atom. The Labute approximate surface area is 123 Å². The van der Waals surface area contributed by atoms with Crippen LogP contribution in [0.15, 0.2) is 53.3 Å². The van der Waals surface area contributed by atoms with Crippen LogP contribution in [-0.2, 0) is 6.54 Å². The summed E-state index contributed by atoms with van der Waals surface area (Å²) >= 11 is 0. The normalized spacial score (nSPS) is 10.6. The highest BCUT2D eigenvalue weighted by Crippen LogP contribution is 2.21. The molecular weight excluding hydrogens is 262 g/mol. The highest BCUT2D eigenvalue weighted by atomic mass is 16.4. The summed E-state index contributed by atoms with van der Waals surface area (Å²) in [4.78, 5) is 0. The van der Waals surface area contributed by atoms with Gasteiger partial charge in [0.05, 0.1) is 0 Å². The first kappa shape index (κ1) is 13.4. The number of nitrogens with zero attached hydrogens (tertiary/aromatic N) is 2. The first-order chi connectivity index (χ1) is 10.2. The van der Waals surface area contributed by atoms with E-state index in [0.717, 1.165) is 17.8 Å². The molecule has 4 heteroatoms. The van der Waals surface area contributed by atoms with E-state index in [2.05, 4.69) is 47.6 Å². The summed E-state index contributed by atoms with van der Waals surface area (Å²) in [5.41, 5.74) is 5.79. The van der Waals surface area contributed by atoms with Crippen LogP contribution < -0.4 is 5.32 Å². The van der Waals surface area contributed by atoms with Crippen LogP contribution in [0.3, 0.4) is 0 Å². The molecule has 1 N–H and O–H groups in total. The Balaban J connectivity index is 1.75. The molecule has 21 heavy (non-hydrogen) atoms. The summed E-state index contributed by atoms with van der Waals surface area (Å²) < 4.78 is 5.22. The van der Waals surface area contributed by atoms with Crippen molar-refractivity contribution in [3.63, 3.8) is 0 Å². The zero-order chi connectivity index (χ0) is 14.7. The second kappa shape index (κ2) is 5.79. The maximum absolute atomic E-state index is 5.22. The molecule has 0 spiro atoms. The molecule has 0 saturated heterocycles. The van der Waals surface area contributed by atoms with E-state index in [1.807, 2.05) is 24.3 Å². The monoisotopic (exact) mass is 279 g/mol. The van der Waals surface area contributed by atoms with E-state index in [1.54, 1.807) is 0 Å². The molecule has 2 aromatic carbocycles. The molecule has 1 heterocycles. The number of anilines is 1.